The van der Waals surface area contributed by atoms with Gasteiger partial charge in [0.05, 0.1) is 16.6 Å². The van der Waals surface area contributed by atoms with Gasteiger partial charge in [-0.1, -0.05) is 23.2 Å². The molecule has 20 heavy (non-hydrogen) atoms. The summed E-state index contributed by atoms with van der Waals surface area (Å²) in [5.74, 6) is 0.612. The van der Waals surface area contributed by atoms with Crippen molar-refractivity contribution < 1.29 is 9.90 Å². The van der Waals surface area contributed by atoms with Crippen LogP contribution in [0, 0.1) is 5.92 Å². The molecule has 1 aromatic carbocycles. The lowest BCUT2D eigenvalue weighted by molar-refractivity contribution is -0.131. The van der Waals surface area contributed by atoms with Gasteiger partial charge in [-0.25, -0.2) is 0 Å². The van der Waals surface area contributed by atoms with Crippen LogP contribution >= 0.6 is 23.2 Å². The second-order valence-electron chi connectivity index (χ2n) is 5.13. The Morgan fingerprint density at radius 2 is 1.90 bits per heavy atom. The molecule has 0 atom stereocenters. The van der Waals surface area contributed by atoms with E-state index in [-0.39, 0.29) is 18.2 Å². The molecule has 1 fully saturated rings. The molecule has 0 spiro atoms. The van der Waals surface area contributed by atoms with Crippen LogP contribution in [0.1, 0.15) is 18.4 Å². The van der Waals surface area contributed by atoms with Gasteiger partial charge in [0.15, 0.2) is 0 Å². The average molecular weight is 317 g/mol. The van der Waals surface area contributed by atoms with E-state index in [2.05, 4.69) is 0 Å². The molecule has 1 aliphatic rings. The number of nitrogens with zero attached hydrogens (tertiary/aromatic N) is 1. The van der Waals surface area contributed by atoms with Crippen molar-refractivity contribution in [1.82, 2.24) is 4.90 Å². The van der Waals surface area contributed by atoms with Gasteiger partial charge in [0.1, 0.15) is 5.75 Å². The fourth-order valence-electron chi connectivity index (χ4n) is 2.57. The Morgan fingerprint density at radius 3 is 2.50 bits per heavy atom. The third kappa shape index (κ3) is 3.57. The molecule has 1 amide bonds. The number of rotatable bonds is 3. The third-order valence-electron chi connectivity index (χ3n) is 3.77. The summed E-state index contributed by atoms with van der Waals surface area (Å²) in [6.45, 7) is 1.52. The molecule has 1 saturated heterocycles. The van der Waals surface area contributed by atoms with E-state index in [0.717, 1.165) is 37.9 Å². The van der Waals surface area contributed by atoms with Crippen LogP contribution in [0.25, 0.3) is 0 Å². The summed E-state index contributed by atoms with van der Waals surface area (Å²) in [5, 5.41) is 10.7. The van der Waals surface area contributed by atoms with Gasteiger partial charge in [-0.3, -0.25) is 4.79 Å². The molecular weight excluding hydrogens is 299 g/mol. The van der Waals surface area contributed by atoms with Crippen LogP contribution in [-0.4, -0.2) is 35.5 Å². The summed E-state index contributed by atoms with van der Waals surface area (Å²) in [6.07, 6.45) is 2.56. The first kappa shape index (κ1) is 15.4. The number of phenols is 1. The fourth-order valence-corrected chi connectivity index (χ4v) is 2.91. The predicted molar refractivity (Wildman–Crippen MR) is 80.2 cm³/mol. The fraction of sp³-hybridized carbons (Fsp3) is 0.500. The standard InChI is InChI=1S/C14H18Cl2N2O2/c15-11-6-10(13(19)7-12(11)16)5-9-1-3-18(4-2-9)14(20)8-17/h6-7,9,19H,1-5,8,17H2. The smallest absolute Gasteiger partial charge is 0.236 e. The Kier molecular flexibility index (Phi) is 5.13. The van der Waals surface area contributed by atoms with E-state index >= 15 is 0 Å². The van der Waals surface area contributed by atoms with E-state index < -0.39 is 0 Å². The minimum Gasteiger partial charge on any atom is -0.508 e. The van der Waals surface area contributed by atoms with Crippen LogP contribution in [0.15, 0.2) is 12.1 Å². The molecule has 110 valence electrons. The number of piperidine rings is 1. The average Bonchev–Trinajstić information content (AvgIpc) is 2.44. The molecule has 6 heteroatoms. The third-order valence-corrected chi connectivity index (χ3v) is 4.49. The Hall–Kier alpha value is -0.970. The highest BCUT2D eigenvalue weighted by Gasteiger charge is 2.23. The van der Waals surface area contributed by atoms with Crippen LogP contribution in [0.2, 0.25) is 10.0 Å². The highest BCUT2D eigenvalue weighted by atomic mass is 35.5. The number of aromatic hydroxyl groups is 1. The first-order valence-corrected chi connectivity index (χ1v) is 7.41. The summed E-state index contributed by atoms with van der Waals surface area (Å²) in [6, 6.07) is 3.20. The van der Waals surface area contributed by atoms with Crippen LogP contribution in [0.5, 0.6) is 5.75 Å². The van der Waals surface area contributed by atoms with E-state index in [1.165, 1.54) is 6.07 Å². The van der Waals surface area contributed by atoms with Crippen LogP contribution in [0.4, 0.5) is 0 Å². The molecule has 1 aliphatic heterocycles. The van der Waals surface area contributed by atoms with Gasteiger partial charge in [-0.2, -0.15) is 0 Å². The summed E-state index contributed by atoms with van der Waals surface area (Å²) >= 11 is 11.8. The molecule has 2 rings (SSSR count). The van der Waals surface area contributed by atoms with E-state index in [9.17, 15) is 9.90 Å². The number of phenolic OH excluding ortho intramolecular Hbond substituents is 1. The Balaban J connectivity index is 1.96. The zero-order valence-electron chi connectivity index (χ0n) is 11.1. The van der Waals surface area contributed by atoms with E-state index in [1.807, 2.05) is 0 Å². The summed E-state index contributed by atoms with van der Waals surface area (Å²) in [4.78, 5) is 13.3. The maximum atomic E-state index is 11.5. The number of carbonyl (C=O) groups is 1. The van der Waals surface area contributed by atoms with E-state index in [1.54, 1.807) is 11.0 Å². The summed E-state index contributed by atoms with van der Waals surface area (Å²) in [7, 11) is 0. The zero-order valence-corrected chi connectivity index (χ0v) is 12.6. The number of hydrogen-bond donors (Lipinski definition) is 2. The molecule has 0 aliphatic carbocycles. The number of benzene rings is 1. The molecule has 1 aromatic rings. The Morgan fingerprint density at radius 1 is 1.30 bits per heavy atom. The molecule has 0 radical (unpaired) electrons. The van der Waals surface area contributed by atoms with Crippen molar-refractivity contribution in [3.8, 4) is 5.75 Å². The molecule has 0 bridgehead atoms. The largest absolute Gasteiger partial charge is 0.508 e. The highest BCUT2D eigenvalue weighted by Crippen LogP contribution is 2.33. The maximum absolute atomic E-state index is 11.5. The molecule has 0 saturated carbocycles. The van der Waals surface area contributed by atoms with Gasteiger partial charge in [0, 0.05) is 19.2 Å². The molecule has 1 heterocycles. The molecule has 0 aromatic heterocycles. The lowest BCUT2D eigenvalue weighted by Crippen LogP contribution is -2.41. The monoisotopic (exact) mass is 316 g/mol. The van der Waals surface area contributed by atoms with E-state index in [4.69, 9.17) is 28.9 Å². The quantitative estimate of drug-likeness (QED) is 0.900. The van der Waals surface area contributed by atoms with Gasteiger partial charge in [-0.15, -0.1) is 0 Å². The van der Waals surface area contributed by atoms with Crippen molar-refractivity contribution in [2.75, 3.05) is 19.6 Å². The lowest BCUT2D eigenvalue weighted by Gasteiger charge is -2.32. The number of amides is 1. The van der Waals surface area contributed by atoms with Crippen LogP contribution in [0.3, 0.4) is 0 Å². The second-order valence-corrected chi connectivity index (χ2v) is 5.94. The van der Waals surface area contributed by atoms with Gasteiger partial charge in [0.2, 0.25) is 5.91 Å². The number of carbonyl (C=O) groups excluding carboxylic acids is 1. The van der Waals surface area contributed by atoms with Crippen molar-refractivity contribution in [1.29, 1.82) is 0 Å². The zero-order chi connectivity index (χ0) is 14.7. The van der Waals surface area contributed by atoms with Crippen LogP contribution in [-0.2, 0) is 11.2 Å². The molecule has 3 N–H and O–H groups in total. The molecule has 4 nitrogen and oxygen atoms in total. The van der Waals surface area contributed by atoms with Crippen LogP contribution < -0.4 is 5.73 Å². The second kappa shape index (κ2) is 6.66. The van der Waals surface area contributed by atoms with Crippen molar-refractivity contribution in [3.63, 3.8) is 0 Å². The van der Waals surface area contributed by atoms with Gasteiger partial charge in [-0.05, 0) is 36.8 Å². The van der Waals surface area contributed by atoms with E-state index in [0.29, 0.717) is 16.0 Å². The van der Waals surface area contributed by atoms with Crippen molar-refractivity contribution >= 4 is 29.1 Å². The van der Waals surface area contributed by atoms with Gasteiger partial charge in [0.25, 0.3) is 0 Å². The molecule has 0 unspecified atom stereocenters. The highest BCUT2D eigenvalue weighted by molar-refractivity contribution is 6.42. The minimum absolute atomic E-state index is 0.000773. The summed E-state index contributed by atoms with van der Waals surface area (Å²) in [5.41, 5.74) is 6.17. The SMILES string of the molecule is NCC(=O)N1CCC(Cc2cc(Cl)c(Cl)cc2O)CC1. The number of nitrogens with two attached hydrogens (primary N) is 1. The Bertz CT molecular complexity index is 500. The first-order valence-electron chi connectivity index (χ1n) is 6.66. The minimum atomic E-state index is 0.000773. The van der Waals surface area contributed by atoms with Crippen molar-refractivity contribution in [2.24, 2.45) is 11.7 Å². The summed E-state index contributed by atoms with van der Waals surface area (Å²) < 4.78 is 0. The Labute approximate surface area is 128 Å². The van der Waals surface area contributed by atoms with Gasteiger partial charge >= 0.3 is 0 Å². The van der Waals surface area contributed by atoms with Gasteiger partial charge < -0.3 is 15.7 Å². The molecular formula is C14H18Cl2N2O2. The topological polar surface area (TPSA) is 66.6 Å². The first-order chi connectivity index (χ1) is 9.51. The number of likely N-dealkylation sites (tertiary alicyclic amines) is 1. The predicted octanol–water partition coefficient (Wildman–Crippen LogP) is 2.44. The van der Waals surface area contributed by atoms with Crippen molar-refractivity contribution in [3.05, 3.63) is 27.7 Å². The normalized spacial score (nSPS) is 16.4. The number of halogens is 2. The lowest BCUT2D eigenvalue weighted by atomic mass is 9.90. The number of hydrogen-bond acceptors (Lipinski definition) is 3. The maximum Gasteiger partial charge on any atom is 0.236 e. The van der Waals surface area contributed by atoms with Crippen molar-refractivity contribution in [2.45, 2.75) is 19.3 Å².